The molecule has 4 rings (SSSR count). The zero-order valence-corrected chi connectivity index (χ0v) is 21.2. The lowest BCUT2D eigenvalue weighted by Crippen LogP contribution is -2.46. The number of anilines is 2. The number of hydrogen-bond donors (Lipinski definition) is 3. The molecule has 11 heteroatoms. The van der Waals surface area contributed by atoms with Gasteiger partial charge in [-0.15, -0.1) is 0 Å². The van der Waals surface area contributed by atoms with Crippen molar-refractivity contribution in [3.8, 4) is 11.5 Å². The van der Waals surface area contributed by atoms with E-state index in [1.807, 2.05) is 42.5 Å². The van der Waals surface area contributed by atoms with E-state index in [1.165, 1.54) is 5.56 Å². The number of carboxylic acids is 2. The normalized spacial score (nSPS) is 15.0. The Morgan fingerprint density at radius 1 is 0.921 bits per heavy atom. The van der Waals surface area contributed by atoms with Crippen LogP contribution >= 0.6 is 0 Å². The van der Waals surface area contributed by atoms with Gasteiger partial charge in [0.25, 0.3) is 0 Å². The summed E-state index contributed by atoms with van der Waals surface area (Å²) in [6, 6.07) is 13.9. The maximum Gasteiger partial charge on any atom is 0.414 e. The van der Waals surface area contributed by atoms with E-state index in [2.05, 4.69) is 15.1 Å². The van der Waals surface area contributed by atoms with Gasteiger partial charge in [0.05, 0.1) is 12.3 Å². The van der Waals surface area contributed by atoms with Crippen LogP contribution in [0.4, 0.5) is 15.8 Å². The minimum atomic E-state index is -1.82. The van der Waals surface area contributed by atoms with E-state index in [0.29, 0.717) is 13.0 Å². The number of piperazine rings is 1. The van der Waals surface area contributed by atoms with Crippen LogP contribution in [0.3, 0.4) is 0 Å². The van der Waals surface area contributed by atoms with E-state index in [-0.39, 0.29) is 12.5 Å². The van der Waals surface area contributed by atoms with Crippen LogP contribution in [0.2, 0.25) is 0 Å². The highest BCUT2D eigenvalue weighted by atomic mass is 19.1. The number of aliphatic carboxylic acids is 2. The Bertz CT molecular complexity index is 1080. The Hall–Kier alpha value is -3.86. The molecule has 2 heterocycles. The molecule has 0 unspecified atom stereocenters. The molecule has 0 radical (unpaired) electrons. The molecular formula is C27H34FN3O7. The van der Waals surface area contributed by atoms with Crippen LogP contribution in [0.25, 0.3) is 0 Å². The van der Waals surface area contributed by atoms with Gasteiger partial charge < -0.3 is 29.9 Å². The first-order valence-corrected chi connectivity index (χ1v) is 12.6. The van der Waals surface area contributed by atoms with Crippen LogP contribution in [0, 0.1) is 0 Å². The zero-order valence-electron chi connectivity index (χ0n) is 21.2. The third-order valence-corrected chi connectivity index (χ3v) is 6.21. The SMILES string of the molecule is O=C(O)C(=O)O.O=C1CCc2ccc(OCCCCN3CCN(c4ccccc4OCCF)CC3)cc2N1. The van der Waals surface area contributed by atoms with Gasteiger partial charge in [0, 0.05) is 44.4 Å². The van der Waals surface area contributed by atoms with Crippen molar-refractivity contribution in [3.05, 3.63) is 48.0 Å². The van der Waals surface area contributed by atoms with Crippen molar-refractivity contribution in [2.45, 2.75) is 25.7 Å². The van der Waals surface area contributed by atoms with Crippen LogP contribution in [-0.4, -0.2) is 85.6 Å². The number of aryl methyl sites for hydroxylation is 1. The Morgan fingerprint density at radius 3 is 2.37 bits per heavy atom. The fourth-order valence-electron chi connectivity index (χ4n) is 4.27. The number of ether oxygens (including phenoxy) is 2. The lowest BCUT2D eigenvalue weighted by Gasteiger charge is -2.36. The zero-order chi connectivity index (χ0) is 27.3. The van der Waals surface area contributed by atoms with Gasteiger partial charge in [0.2, 0.25) is 5.91 Å². The third kappa shape index (κ3) is 8.91. The largest absolute Gasteiger partial charge is 0.494 e. The Morgan fingerprint density at radius 2 is 1.66 bits per heavy atom. The third-order valence-electron chi connectivity index (χ3n) is 6.21. The molecule has 3 N–H and O–H groups in total. The summed E-state index contributed by atoms with van der Waals surface area (Å²) in [5, 5.41) is 17.7. The summed E-state index contributed by atoms with van der Waals surface area (Å²) in [6.07, 6.45) is 3.42. The minimum Gasteiger partial charge on any atom is -0.494 e. The van der Waals surface area contributed by atoms with Crippen molar-refractivity contribution < 1.29 is 38.5 Å². The number of benzene rings is 2. The quantitative estimate of drug-likeness (QED) is 0.313. The monoisotopic (exact) mass is 531 g/mol. The molecule has 0 bridgehead atoms. The number of carbonyl (C=O) groups excluding carboxylic acids is 1. The molecule has 2 aromatic carbocycles. The van der Waals surface area contributed by atoms with Gasteiger partial charge in [0.15, 0.2) is 0 Å². The molecule has 1 fully saturated rings. The first kappa shape index (κ1) is 28.7. The number of amides is 1. The first-order valence-electron chi connectivity index (χ1n) is 12.6. The number of fused-ring (bicyclic) bond motifs is 1. The minimum absolute atomic E-state index is 0.0746. The maximum atomic E-state index is 12.5. The molecule has 2 aliphatic heterocycles. The second-order valence-corrected chi connectivity index (χ2v) is 8.87. The Balaban J connectivity index is 0.000000599. The van der Waals surface area contributed by atoms with Crippen molar-refractivity contribution in [2.75, 3.05) is 62.8 Å². The highest BCUT2D eigenvalue weighted by molar-refractivity contribution is 6.27. The molecule has 10 nitrogen and oxygen atoms in total. The Kier molecular flexibility index (Phi) is 11.2. The first-order chi connectivity index (χ1) is 18.4. The molecule has 0 atom stereocenters. The maximum absolute atomic E-state index is 12.5. The van der Waals surface area contributed by atoms with Crippen molar-refractivity contribution in [3.63, 3.8) is 0 Å². The van der Waals surface area contributed by atoms with E-state index < -0.39 is 18.6 Å². The molecule has 0 spiro atoms. The van der Waals surface area contributed by atoms with Gasteiger partial charge in [-0.25, -0.2) is 14.0 Å². The molecule has 38 heavy (non-hydrogen) atoms. The molecular weight excluding hydrogens is 497 g/mol. The average molecular weight is 532 g/mol. The molecule has 2 aliphatic rings. The van der Waals surface area contributed by atoms with E-state index in [1.54, 1.807) is 0 Å². The molecule has 1 saturated heterocycles. The van der Waals surface area contributed by atoms with Gasteiger partial charge in [-0.3, -0.25) is 9.69 Å². The molecule has 1 amide bonds. The molecule has 0 saturated carbocycles. The summed E-state index contributed by atoms with van der Waals surface area (Å²) < 4.78 is 23.9. The lowest BCUT2D eigenvalue weighted by atomic mass is 10.0. The van der Waals surface area contributed by atoms with Crippen molar-refractivity contribution in [1.29, 1.82) is 0 Å². The summed E-state index contributed by atoms with van der Waals surface area (Å²) in [6.45, 7) is 5.23. The van der Waals surface area contributed by atoms with Gasteiger partial charge in [0.1, 0.15) is 24.8 Å². The fraction of sp³-hybridized carbons (Fsp3) is 0.444. The van der Waals surface area contributed by atoms with Crippen LogP contribution in [0.15, 0.2) is 42.5 Å². The van der Waals surface area contributed by atoms with Crippen molar-refractivity contribution in [2.24, 2.45) is 0 Å². The summed E-state index contributed by atoms with van der Waals surface area (Å²) in [5.74, 6) is -2.00. The van der Waals surface area contributed by atoms with Gasteiger partial charge in [-0.05, 0) is 49.6 Å². The number of halogens is 1. The van der Waals surface area contributed by atoms with E-state index in [0.717, 1.165) is 74.9 Å². The second-order valence-electron chi connectivity index (χ2n) is 8.87. The number of unbranched alkanes of at least 4 members (excludes halogenated alkanes) is 1. The summed E-state index contributed by atoms with van der Waals surface area (Å²) in [7, 11) is 0. The second kappa shape index (κ2) is 14.8. The predicted octanol–water partition coefficient (Wildman–Crippen LogP) is 3.06. The smallest absolute Gasteiger partial charge is 0.414 e. The standard InChI is InChI=1S/C25H32FN3O3.C2H2O4/c26-11-18-32-24-6-2-1-5-23(24)29-15-13-28(14-16-29)12-3-4-17-31-21-9-7-20-8-10-25(30)27-22(20)19-21;3-1(4)2(5)6/h1-2,5-7,9,19H,3-4,8,10-18H2,(H,27,30);(H,3,4)(H,5,6). The van der Waals surface area contributed by atoms with Crippen LogP contribution in [-0.2, 0) is 20.8 Å². The number of nitrogens with zero attached hydrogens (tertiary/aromatic N) is 2. The number of para-hydroxylation sites is 2. The number of alkyl halides is 1. The van der Waals surface area contributed by atoms with E-state index in [9.17, 15) is 9.18 Å². The number of nitrogens with one attached hydrogen (secondary N) is 1. The summed E-state index contributed by atoms with van der Waals surface area (Å²) in [4.78, 5) is 34.6. The van der Waals surface area contributed by atoms with Crippen LogP contribution in [0.1, 0.15) is 24.8 Å². The lowest BCUT2D eigenvalue weighted by molar-refractivity contribution is -0.159. The van der Waals surface area contributed by atoms with Crippen molar-refractivity contribution >= 4 is 29.2 Å². The van der Waals surface area contributed by atoms with E-state index >= 15 is 0 Å². The molecule has 206 valence electrons. The summed E-state index contributed by atoms with van der Waals surface area (Å²) in [5.41, 5.74) is 3.11. The van der Waals surface area contributed by atoms with Crippen LogP contribution < -0.4 is 19.7 Å². The highest BCUT2D eigenvalue weighted by Crippen LogP contribution is 2.29. The number of rotatable bonds is 10. The van der Waals surface area contributed by atoms with Gasteiger partial charge >= 0.3 is 11.9 Å². The van der Waals surface area contributed by atoms with Gasteiger partial charge in [-0.2, -0.15) is 0 Å². The van der Waals surface area contributed by atoms with Crippen LogP contribution in [0.5, 0.6) is 11.5 Å². The fourth-order valence-corrected chi connectivity index (χ4v) is 4.27. The molecule has 0 aliphatic carbocycles. The summed E-state index contributed by atoms with van der Waals surface area (Å²) >= 11 is 0. The van der Waals surface area contributed by atoms with E-state index in [4.69, 9.17) is 29.3 Å². The van der Waals surface area contributed by atoms with Crippen molar-refractivity contribution in [1.82, 2.24) is 4.90 Å². The molecule has 2 aromatic rings. The predicted molar refractivity (Wildman–Crippen MR) is 140 cm³/mol. The number of hydrogen-bond acceptors (Lipinski definition) is 7. The average Bonchev–Trinajstić information content (AvgIpc) is 2.92. The number of carbonyl (C=O) groups is 3. The highest BCUT2D eigenvalue weighted by Gasteiger charge is 2.19. The Labute approximate surface area is 220 Å². The topological polar surface area (TPSA) is 129 Å². The molecule has 0 aromatic heterocycles. The van der Waals surface area contributed by atoms with Gasteiger partial charge in [-0.1, -0.05) is 18.2 Å². The number of carboxylic acid groups (broad SMARTS) is 2.